The van der Waals surface area contributed by atoms with E-state index < -0.39 is 0 Å². The first kappa shape index (κ1) is 14.1. The molecule has 104 valence electrons. The highest BCUT2D eigenvalue weighted by Crippen LogP contribution is 2.19. The van der Waals surface area contributed by atoms with Crippen molar-refractivity contribution in [3.63, 3.8) is 0 Å². The van der Waals surface area contributed by atoms with E-state index in [0.717, 1.165) is 30.8 Å². The lowest BCUT2D eigenvalue weighted by atomic mass is 10.2. The van der Waals surface area contributed by atoms with E-state index in [2.05, 4.69) is 22.4 Å². The number of hydrogen-bond donors (Lipinski definition) is 1. The second-order valence-corrected chi connectivity index (χ2v) is 5.06. The summed E-state index contributed by atoms with van der Waals surface area (Å²) in [7, 11) is 1.85. The molecule has 0 aliphatic carbocycles. The van der Waals surface area contributed by atoms with Gasteiger partial charge < -0.3 is 5.32 Å². The molecule has 2 aromatic heterocycles. The summed E-state index contributed by atoms with van der Waals surface area (Å²) in [5, 5.41) is 12.7. The standard InChI is InChI=1S/C13H20ClN5/c1-4-5-15-6-11-7-16-19(8-11)9-12-10(2)17-18(3)13(12)14/h7-8,15H,4-6,9H2,1-3H3. The molecule has 0 radical (unpaired) electrons. The fourth-order valence-corrected chi connectivity index (χ4v) is 2.24. The molecule has 0 aliphatic rings. The molecule has 0 atom stereocenters. The summed E-state index contributed by atoms with van der Waals surface area (Å²) in [6.45, 7) is 6.66. The topological polar surface area (TPSA) is 47.7 Å². The average Bonchev–Trinajstić information content (AvgIpc) is 2.91. The lowest BCUT2D eigenvalue weighted by Gasteiger charge is -2.01. The zero-order valence-electron chi connectivity index (χ0n) is 11.6. The van der Waals surface area contributed by atoms with Gasteiger partial charge in [-0.1, -0.05) is 18.5 Å². The molecule has 2 rings (SSSR count). The summed E-state index contributed by atoms with van der Waals surface area (Å²) >= 11 is 6.22. The van der Waals surface area contributed by atoms with Crippen LogP contribution >= 0.6 is 11.6 Å². The zero-order chi connectivity index (χ0) is 13.8. The van der Waals surface area contributed by atoms with Crippen LogP contribution in [0, 0.1) is 6.92 Å². The van der Waals surface area contributed by atoms with Gasteiger partial charge >= 0.3 is 0 Å². The van der Waals surface area contributed by atoms with Crippen LogP contribution in [0.5, 0.6) is 0 Å². The summed E-state index contributed by atoms with van der Waals surface area (Å²) in [4.78, 5) is 0. The lowest BCUT2D eigenvalue weighted by molar-refractivity contribution is 0.667. The highest BCUT2D eigenvalue weighted by Gasteiger charge is 2.12. The highest BCUT2D eigenvalue weighted by atomic mass is 35.5. The fraction of sp³-hybridized carbons (Fsp3) is 0.538. The second kappa shape index (κ2) is 6.21. The molecule has 0 aliphatic heterocycles. The summed E-state index contributed by atoms with van der Waals surface area (Å²) in [6, 6.07) is 0. The number of hydrogen-bond acceptors (Lipinski definition) is 3. The summed E-state index contributed by atoms with van der Waals surface area (Å²) < 4.78 is 3.60. The van der Waals surface area contributed by atoms with Crippen LogP contribution in [0.15, 0.2) is 12.4 Å². The molecule has 0 unspecified atom stereocenters. The maximum absolute atomic E-state index is 6.22. The van der Waals surface area contributed by atoms with Crippen molar-refractivity contribution in [2.24, 2.45) is 7.05 Å². The van der Waals surface area contributed by atoms with Crippen molar-refractivity contribution in [3.05, 3.63) is 34.4 Å². The highest BCUT2D eigenvalue weighted by molar-refractivity contribution is 6.30. The summed E-state index contributed by atoms with van der Waals surface area (Å²) in [5.74, 6) is 0. The molecule has 0 bridgehead atoms. The Morgan fingerprint density at radius 1 is 1.42 bits per heavy atom. The van der Waals surface area contributed by atoms with Gasteiger partial charge in [0.1, 0.15) is 5.15 Å². The van der Waals surface area contributed by atoms with Crippen LogP contribution in [0.2, 0.25) is 5.15 Å². The second-order valence-electron chi connectivity index (χ2n) is 4.70. The number of aromatic nitrogens is 4. The molecule has 2 aromatic rings. The van der Waals surface area contributed by atoms with Crippen LogP contribution in [-0.4, -0.2) is 26.1 Å². The van der Waals surface area contributed by atoms with Crippen molar-refractivity contribution in [2.45, 2.75) is 33.4 Å². The number of halogens is 1. The average molecular weight is 282 g/mol. The predicted molar refractivity (Wildman–Crippen MR) is 76.3 cm³/mol. The van der Waals surface area contributed by atoms with E-state index in [9.17, 15) is 0 Å². The molecule has 2 heterocycles. The number of aryl methyl sites for hydroxylation is 2. The molecule has 0 fully saturated rings. The number of nitrogens with one attached hydrogen (secondary N) is 1. The SMILES string of the molecule is CCCNCc1cnn(Cc2c(C)nn(C)c2Cl)c1. The van der Waals surface area contributed by atoms with Gasteiger partial charge in [0, 0.05) is 30.9 Å². The lowest BCUT2D eigenvalue weighted by Crippen LogP contribution is -2.13. The van der Waals surface area contributed by atoms with Crippen LogP contribution in [0.4, 0.5) is 0 Å². The Labute approximate surface area is 118 Å². The van der Waals surface area contributed by atoms with Crippen molar-refractivity contribution in [3.8, 4) is 0 Å². The minimum atomic E-state index is 0.659. The van der Waals surface area contributed by atoms with Gasteiger partial charge in [0.05, 0.1) is 18.4 Å². The van der Waals surface area contributed by atoms with Crippen LogP contribution in [0.3, 0.4) is 0 Å². The maximum atomic E-state index is 6.22. The van der Waals surface area contributed by atoms with Crippen molar-refractivity contribution >= 4 is 11.6 Å². The van der Waals surface area contributed by atoms with Crippen molar-refractivity contribution < 1.29 is 0 Å². The Morgan fingerprint density at radius 3 is 2.84 bits per heavy atom. The van der Waals surface area contributed by atoms with E-state index in [1.165, 1.54) is 5.56 Å². The van der Waals surface area contributed by atoms with Crippen LogP contribution in [-0.2, 0) is 20.1 Å². The fourth-order valence-electron chi connectivity index (χ4n) is 2.01. The van der Waals surface area contributed by atoms with E-state index in [1.807, 2.05) is 31.0 Å². The Morgan fingerprint density at radius 2 is 2.21 bits per heavy atom. The van der Waals surface area contributed by atoms with Gasteiger partial charge in [0.25, 0.3) is 0 Å². The predicted octanol–water partition coefficient (Wildman–Crippen LogP) is 2.13. The third-order valence-corrected chi connectivity index (χ3v) is 3.51. The number of rotatable bonds is 6. The van der Waals surface area contributed by atoms with Gasteiger partial charge in [-0.15, -0.1) is 0 Å². The monoisotopic (exact) mass is 281 g/mol. The van der Waals surface area contributed by atoms with E-state index in [0.29, 0.717) is 11.7 Å². The quantitative estimate of drug-likeness (QED) is 0.825. The van der Waals surface area contributed by atoms with Gasteiger partial charge in [-0.25, -0.2) is 0 Å². The Balaban J connectivity index is 2.03. The first-order valence-electron chi connectivity index (χ1n) is 6.51. The first-order valence-corrected chi connectivity index (χ1v) is 6.89. The maximum Gasteiger partial charge on any atom is 0.132 e. The largest absolute Gasteiger partial charge is 0.313 e. The minimum Gasteiger partial charge on any atom is -0.313 e. The van der Waals surface area contributed by atoms with E-state index in [4.69, 9.17) is 11.6 Å². The van der Waals surface area contributed by atoms with Gasteiger partial charge in [-0.3, -0.25) is 9.36 Å². The molecule has 0 spiro atoms. The van der Waals surface area contributed by atoms with Crippen LogP contribution in [0.1, 0.15) is 30.2 Å². The molecule has 0 saturated heterocycles. The molecular weight excluding hydrogens is 262 g/mol. The summed E-state index contributed by atoms with van der Waals surface area (Å²) in [5.41, 5.74) is 3.17. The molecule has 5 nitrogen and oxygen atoms in total. The van der Waals surface area contributed by atoms with Gasteiger partial charge in [-0.2, -0.15) is 10.2 Å². The van der Waals surface area contributed by atoms with E-state index in [-0.39, 0.29) is 0 Å². The van der Waals surface area contributed by atoms with Crippen LogP contribution < -0.4 is 5.32 Å². The third-order valence-electron chi connectivity index (χ3n) is 3.03. The van der Waals surface area contributed by atoms with Gasteiger partial charge in [0.2, 0.25) is 0 Å². The Kier molecular flexibility index (Phi) is 4.61. The van der Waals surface area contributed by atoms with Crippen LogP contribution in [0.25, 0.3) is 0 Å². The normalized spacial score (nSPS) is 11.2. The number of nitrogens with zero attached hydrogens (tertiary/aromatic N) is 4. The molecule has 1 N–H and O–H groups in total. The Bertz CT molecular complexity index is 543. The van der Waals surface area contributed by atoms with E-state index >= 15 is 0 Å². The smallest absolute Gasteiger partial charge is 0.132 e. The molecule has 0 amide bonds. The Hall–Kier alpha value is -1.33. The molecule has 0 saturated carbocycles. The van der Waals surface area contributed by atoms with Crippen molar-refractivity contribution in [1.29, 1.82) is 0 Å². The first-order chi connectivity index (χ1) is 9.11. The minimum absolute atomic E-state index is 0.659. The van der Waals surface area contributed by atoms with Crippen molar-refractivity contribution in [2.75, 3.05) is 6.54 Å². The van der Waals surface area contributed by atoms with Gasteiger partial charge in [0.15, 0.2) is 0 Å². The molecule has 0 aromatic carbocycles. The zero-order valence-corrected chi connectivity index (χ0v) is 12.4. The van der Waals surface area contributed by atoms with Crippen molar-refractivity contribution in [1.82, 2.24) is 24.9 Å². The molecule has 19 heavy (non-hydrogen) atoms. The summed E-state index contributed by atoms with van der Waals surface area (Å²) in [6.07, 6.45) is 5.08. The molecule has 6 heteroatoms. The van der Waals surface area contributed by atoms with E-state index in [1.54, 1.807) is 4.68 Å². The molecular formula is C13H20ClN5. The van der Waals surface area contributed by atoms with Gasteiger partial charge in [-0.05, 0) is 19.9 Å². The third kappa shape index (κ3) is 3.36.